The Balaban J connectivity index is 1.66. The van der Waals surface area contributed by atoms with Crippen LogP contribution < -0.4 is 5.56 Å². The van der Waals surface area contributed by atoms with E-state index in [1.54, 1.807) is 15.4 Å². The molecule has 2 aliphatic rings. The minimum atomic E-state index is -0.255. The second-order valence-electron chi connectivity index (χ2n) is 7.70. The van der Waals surface area contributed by atoms with Crippen LogP contribution in [-0.4, -0.2) is 62.2 Å². The first-order valence-electron chi connectivity index (χ1n) is 8.85. The Morgan fingerprint density at radius 3 is 2.77 bits per heavy atom. The van der Waals surface area contributed by atoms with Gasteiger partial charge in [0, 0.05) is 25.3 Å². The number of carbonyl (C=O) groups is 1. The number of rotatable bonds is 2. The lowest BCUT2D eigenvalue weighted by Crippen LogP contribution is -2.42. The molecule has 0 aliphatic carbocycles. The molecule has 140 valence electrons. The van der Waals surface area contributed by atoms with Crippen LogP contribution in [0.3, 0.4) is 0 Å². The summed E-state index contributed by atoms with van der Waals surface area (Å²) in [4.78, 5) is 32.1. The van der Waals surface area contributed by atoms with Crippen LogP contribution in [0.1, 0.15) is 33.2 Å². The predicted molar refractivity (Wildman–Crippen MR) is 98.6 cm³/mol. The van der Waals surface area contributed by atoms with E-state index < -0.39 is 0 Å². The van der Waals surface area contributed by atoms with E-state index in [9.17, 15) is 9.59 Å². The number of aromatic nitrogens is 4. The van der Waals surface area contributed by atoms with Gasteiger partial charge in [0.25, 0.3) is 5.56 Å². The standard InChI is InChI=1S/C17H23N5O3S/c1-17(2,3)22-14-12(9-18-22)15(24)21-11(10-26-16(21)19-14)8-13(23)20-4-6-25-7-5-20/h9,11H,4-8,10H2,1-3H3. The van der Waals surface area contributed by atoms with Gasteiger partial charge in [0.15, 0.2) is 10.8 Å². The van der Waals surface area contributed by atoms with Crippen LogP contribution in [0.5, 0.6) is 0 Å². The fourth-order valence-electron chi connectivity index (χ4n) is 3.42. The smallest absolute Gasteiger partial charge is 0.265 e. The van der Waals surface area contributed by atoms with Gasteiger partial charge in [0.2, 0.25) is 5.91 Å². The summed E-state index contributed by atoms with van der Waals surface area (Å²) in [6.07, 6.45) is 1.91. The molecule has 4 rings (SSSR count). The maximum Gasteiger partial charge on any atom is 0.265 e. The van der Waals surface area contributed by atoms with Gasteiger partial charge in [0.05, 0.1) is 31.0 Å². The van der Waals surface area contributed by atoms with Crippen molar-refractivity contribution in [3.05, 3.63) is 16.6 Å². The van der Waals surface area contributed by atoms with E-state index in [0.29, 0.717) is 54.7 Å². The minimum Gasteiger partial charge on any atom is -0.378 e. The number of morpholine rings is 1. The van der Waals surface area contributed by atoms with E-state index in [0.717, 1.165) is 0 Å². The van der Waals surface area contributed by atoms with Crippen molar-refractivity contribution in [2.24, 2.45) is 0 Å². The zero-order chi connectivity index (χ0) is 18.5. The highest BCUT2D eigenvalue weighted by Gasteiger charge is 2.32. The SMILES string of the molecule is CC(C)(C)n1ncc2c(=O)n3c(nc21)SCC3CC(=O)N1CCOCC1. The first-order chi connectivity index (χ1) is 12.4. The number of thioether (sulfide) groups is 1. The lowest BCUT2D eigenvalue weighted by atomic mass is 10.1. The van der Waals surface area contributed by atoms with Gasteiger partial charge in [-0.3, -0.25) is 14.2 Å². The average Bonchev–Trinajstić information content (AvgIpc) is 3.20. The van der Waals surface area contributed by atoms with Crippen molar-refractivity contribution < 1.29 is 9.53 Å². The third-order valence-corrected chi connectivity index (χ3v) is 5.88. The number of hydrogen-bond acceptors (Lipinski definition) is 6. The number of ether oxygens (including phenoxy) is 1. The molecule has 1 fully saturated rings. The molecule has 0 spiro atoms. The van der Waals surface area contributed by atoms with E-state index in [1.807, 2.05) is 25.7 Å². The molecule has 0 saturated carbocycles. The first kappa shape index (κ1) is 17.5. The summed E-state index contributed by atoms with van der Waals surface area (Å²) in [5.41, 5.74) is 0.251. The van der Waals surface area contributed by atoms with E-state index in [4.69, 9.17) is 9.72 Å². The molecule has 1 unspecified atom stereocenters. The van der Waals surface area contributed by atoms with E-state index in [-0.39, 0.29) is 23.0 Å². The van der Waals surface area contributed by atoms with E-state index in [1.165, 1.54) is 11.8 Å². The maximum atomic E-state index is 13.0. The summed E-state index contributed by atoms with van der Waals surface area (Å²) in [6, 6.07) is -0.160. The molecule has 2 aromatic rings. The van der Waals surface area contributed by atoms with Crippen LogP contribution in [0, 0.1) is 0 Å². The van der Waals surface area contributed by atoms with E-state index in [2.05, 4.69) is 5.10 Å². The molecule has 4 heterocycles. The molecule has 0 bridgehead atoms. The Morgan fingerprint density at radius 2 is 2.08 bits per heavy atom. The van der Waals surface area contributed by atoms with Crippen molar-refractivity contribution in [2.45, 2.75) is 43.9 Å². The zero-order valence-corrected chi connectivity index (χ0v) is 16.1. The van der Waals surface area contributed by atoms with Crippen LogP contribution in [0.25, 0.3) is 11.0 Å². The molecule has 1 amide bonds. The lowest BCUT2D eigenvalue weighted by Gasteiger charge is -2.28. The van der Waals surface area contributed by atoms with Crippen molar-refractivity contribution in [1.82, 2.24) is 24.2 Å². The highest BCUT2D eigenvalue weighted by molar-refractivity contribution is 7.99. The molecule has 0 N–H and O–H groups in total. The summed E-state index contributed by atoms with van der Waals surface area (Å²) in [6.45, 7) is 8.49. The summed E-state index contributed by atoms with van der Waals surface area (Å²) >= 11 is 1.53. The molecule has 2 aromatic heterocycles. The highest BCUT2D eigenvalue weighted by atomic mass is 32.2. The normalized spacial score (nSPS) is 20.6. The molecular formula is C17H23N5O3S. The Bertz CT molecular complexity index is 907. The summed E-state index contributed by atoms with van der Waals surface area (Å²) in [5, 5.41) is 5.55. The molecule has 26 heavy (non-hydrogen) atoms. The van der Waals surface area contributed by atoms with Crippen LogP contribution in [0.4, 0.5) is 0 Å². The monoisotopic (exact) mass is 377 g/mol. The summed E-state index contributed by atoms with van der Waals surface area (Å²) < 4.78 is 8.77. The molecule has 0 radical (unpaired) electrons. The second-order valence-corrected chi connectivity index (χ2v) is 8.68. The van der Waals surface area contributed by atoms with Gasteiger partial charge in [-0.15, -0.1) is 0 Å². The summed E-state index contributed by atoms with van der Waals surface area (Å²) in [7, 11) is 0. The first-order valence-corrected chi connectivity index (χ1v) is 9.84. The Hall–Kier alpha value is -1.87. The lowest BCUT2D eigenvalue weighted by molar-refractivity contribution is -0.135. The van der Waals surface area contributed by atoms with Gasteiger partial charge in [-0.05, 0) is 20.8 Å². The number of amides is 1. The minimum absolute atomic E-state index is 0.0733. The molecule has 1 saturated heterocycles. The fourth-order valence-corrected chi connectivity index (χ4v) is 4.55. The summed E-state index contributed by atoms with van der Waals surface area (Å²) in [5.74, 6) is 0.762. The Labute approximate surface area is 155 Å². The van der Waals surface area contributed by atoms with Crippen LogP contribution in [0.15, 0.2) is 16.1 Å². The van der Waals surface area contributed by atoms with Crippen LogP contribution in [-0.2, 0) is 15.1 Å². The number of carbonyl (C=O) groups excluding carboxylic acids is 1. The van der Waals surface area contributed by atoms with Gasteiger partial charge in [-0.25, -0.2) is 9.67 Å². The van der Waals surface area contributed by atoms with Crippen molar-refractivity contribution in [2.75, 3.05) is 32.1 Å². The predicted octanol–water partition coefficient (Wildman–Crippen LogP) is 1.24. The quantitative estimate of drug-likeness (QED) is 0.733. The van der Waals surface area contributed by atoms with Gasteiger partial charge in [-0.2, -0.15) is 5.10 Å². The maximum absolute atomic E-state index is 13.0. The van der Waals surface area contributed by atoms with Crippen molar-refractivity contribution >= 4 is 28.7 Å². The zero-order valence-electron chi connectivity index (χ0n) is 15.3. The molecule has 2 aliphatic heterocycles. The van der Waals surface area contributed by atoms with Gasteiger partial charge >= 0.3 is 0 Å². The molecule has 8 nitrogen and oxygen atoms in total. The molecule has 0 aromatic carbocycles. The fraction of sp³-hybridized carbons (Fsp3) is 0.647. The van der Waals surface area contributed by atoms with Gasteiger partial charge < -0.3 is 9.64 Å². The average molecular weight is 377 g/mol. The molecule has 1 atom stereocenters. The number of hydrogen-bond donors (Lipinski definition) is 0. The second kappa shape index (κ2) is 6.38. The number of nitrogens with zero attached hydrogens (tertiary/aromatic N) is 5. The van der Waals surface area contributed by atoms with Crippen molar-refractivity contribution in [3.63, 3.8) is 0 Å². The third-order valence-electron chi connectivity index (χ3n) is 4.78. The van der Waals surface area contributed by atoms with Crippen LogP contribution >= 0.6 is 11.8 Å². The topological polar surface area (TPSA) is 82.2 Å². The Morgan fingerprint density at radius 1 is 1.35 bits per heavy atom. The van der Waals surface area contributed by atoms with Crippen molar-refractivity contribution in [1.29, 1.82) is 0 Å². The molecular weight excluding hydrogens is 354 g/mol. The van der Waals surface area contributed by atoms with Crippen LogP contribution in [0.2, 0.25) is 0 Å². The third kappa shape index (κ3) is 2.92. The Kier molecular flexibility index (Phi) is 4.31. The van der Waals surface area contributed by atoms with Gasteiger partial charge in [0.1, 0.15) is 5.39 Å². The van der Waals surface area contributed by atoms with Crippen molar-refractivity contribution in [3.8, 4) is 0 Å². The highest BCUT2D eigenvalue weighted by Crippen LogP contribution is 2.34. The van der Waals surface area contributed by atoms with E-state index >= 15 is 0 Å². The number of fused-ring (bicyclic) bond motifs is 2. The van der Waals surface area contributed by atoms with Gasteiger partial charge in [-0.1, -0.05) is 11.8 Å². The largest absolute Gasteiger partial charge is 0.378 e. The molecule has 9 heteroatoms.